The van der Waals surface area contributed by atoms with E-state index in [9.17, 15) is 0 Å². The van der Waals surface area contributed by atoms with Gasteiger partial charge in [0.05, 0.1) is 0 Å². The molecule has 0 spiro atoms. The van der Waals surface area contributed by atoms with Gasteiger partial charge in [0, 0.05) is 5.92 Å². The van der Waals surface area contributed by atoms with Crippen LogP contribution in [0.25, 0.3) is 28.3 Å². The van der Waals surface area contributed by atoms with Crippen molar-refractivity contribution in [2.45, 2.75) is 91.4 Å². The molecule has 0 amide bonds. The molecular formula is C41H46. The summed E-state index contributed by atoms with van der Waals surface area (Å²) in [5, 5.41) is 0. The second kappa shape index (κ2) is 10.6. The smallest absolute Gasteiger partial charge is 0.000174 e. The Hall–Kier alpha value is -3.12. The van der Waals surface area contributed by atoms with E-state index < -0.39 is 0 Å². The summed E-state index contributed by atoms with van der Waals surface area (Å²) < 4.78 is 0. The summed E-state index contributed by atoms with van der Waals surface area (Å²) in [6, 6.07) is 19.0. The van der Waals surface area contributed by atoms with E-state index in [1.165, 1.54) is 101 Å². The van der Waals surface area contributed by atoms with E-state index in [1.54, 1.807) is 16.7 Å². The van der Waals surface area contributed by atoms with Crippen molar-refractivity contribution in [3.8, 4) is 11.1 Å². The van der Waals surface area contributed by atoms with Gasteiger partial charge in [0.15, 0.2) is 0 Å². The van der Waals surface area contributed by atoms with Crippen molar-refractivity contribution in [1.29, 1.82) is 0 Å². The number of aryl methyl sites for hydroxylation is 2. The van der Waals surface area contributed by atoms with Crippen LogP contribution < -0.4 is 0 Å². The molecule has 2 saturated carbocycles. The second-order valence-corrected chi connectivity index (χ2v) is 14.0. The molecule has 0 aliphatic heterocycles. The topological polar surface area (TPSA) is 0 Å². The molecule has 210 valence electrons. The molecule has 0 saturated heterocycles. The quantitative estimate of drug-likeness (QED) is 0.283. The predicted molar refractivity (Wildman–Crippen MR) is 177 cm³/mol. The number of benzene rings is 3. The first kappa shape index (κ1) is 26.8. The van der Waals surface area contributed by atoms with E-state index in [0.29, 0.717) is 5.92 Å². The van der Waals surface area contributed by atoms with Crippen LogP contribution in [-0.2, 0) is 12.8 Å². The molecular weight excluding hydrogens is 492 g/mol. The van der Waals surface area contributed by atoms with Crippen molar-refractivity contribution in [3.05, 3.63) is 111 Å². The molecule has 4 aliphatic carbocycles. The highest BCUT2D eigenvalue weighted by atomic mass is 14.4. The minimum Gasteiger partial charge on any atom is -0.0998 e. The summed E-state index contributed by atoms with van der Waals surface area (Å²) in [5.74, 6) is 3.26. The van der Waals surface area contributed by atoms with Crippen LogP contribution in [0.5, 0.6) is 0 Å². The molecule has 0 aromatic heterocycles. The average Bonchev–Trinajstić information content (AvgIpc) is 3.54. The van der Waals surface area contributed by atoms with Crippen molar-refractivity contribution in [2.75, 3.05) is 0 Å². The molecule has 0 radical (unpaired) electrons. The SMILES string of the molecule is C=C(C)Cc1c(C)cc2c(c1-c1ccc(C)cc1)CC(c1ccc3c(c1)C(C1CCC4CCCCC4C1)=CC3C)=C2. The molecule has 0 N–H and O–H groups in total. The summed E-state index contributed by atoms with van der Waals surface area (Å²) in [7, 11) is 0. The third kappa shape index (κ3) is 4.88. The van der Waals surface area contributed by atoms with Gasteiger partial charge in [-0.3, -0.25) is 0 Å². The lowest BCUT2D eigenvalue weighted by molar-refractivity contribution is 0.150. The van der Waals surface area contributed by atoms with E-state index in [0.717, 1.165) is 30.6 Å². The molecule has 4 aliphatic rings. The fraction of sp³-hybridized carbons (Fsp3) is 0.415. The predicted octanol–water partition coefficient (Wildman–Crippen LogP) is 11.3. The van der Waals surface area contributed by atoms with Crippen LogP contribution in [0.15, 0.2) is 66.8 Å². The molecule has 0 bridgehead atoms. The van der Waals surface area contributed by atoms with E-state index in [1.807, 2.05) is 0 Å². The van der Waals surface area contributed by atoms with Crippen molar-refractivity contribution >= 4 is 17.2 Å². The lowest BCUT2D eigenvalue weighted by Gasteiger charge is -2.40. The van der Waals surface area contributed by atoms with E-state index in [4.69, 9.17) is 0 Å². The van der Waals surface area contributed by atoms with Gasteiger partial charge in [0.1, 0.15) is 0 Å². The van der Waals surface area contributed by atoms with Crippen LogP contribution in [0.1, 0.15) is 109 Å². The molecule has 2 fully saturated rings. The van der Waals surface area contributed by atoms with E-state index in [2.05, 4.69) is 95.0 Å². The largest absolute Gasteiger partial charge is 0.0998 e. The first-order valence-electron chi connectivity index (χ1n) is 16.3. The summed E-state index contributed by atoms with van der Waals surface area (Å²) in [4.78, 5) is 0. The number of fused-ring (bicyclic) bond motifs is 3. The van der Waals surface area contributed by atoms with Crippen molar-refractivity contribution in [1.82, 2.24) is 0 Å². The van der Waals surface area contributed by atoms with Gasteiger partial charge in [-0.2, -0.15) is 0 Å². The van der Waals surface area contributed by atoms with Gasteiger partial charge in [-0.1, -0.05) is 105 Å². The van der Waals surface area contributed by atoms with Crippen molar-refractivity contribution in [2.24, 2.45) is 17.8 Å². The molecule has 0 nitrogen and oxygen atoms in total. The van der Waals surface area contributed by atoms with Gasteiger partial charge in [0.2, 0.25) is 0 Å². The number of allylic oxidation sites excluding steroid dienone is 4. The van der Waals surface area contributed by atoms with Crippen LogP contribution in [0.4, 0.5) is 0 Å². The van der Waals surface area contributed by atoms with Crippen LogP contribution >= 0.6 is 0 Å². The maximum atomic E-state index is 4.29. The molecule has 3 aromatic carbocycles. The highest BCUT2D eigenvalue weighted by Crippen LogP contribution is 2.51. The summed E-state index contributed by atoms with van der Waals surface area (Å²) in [6.07, 6.45) is 17.2. The fourth-order valence-corrected chi connectivity index (χ4v) is 8.83. The van der Waals surface area contributed by atoms with Crippen molar-refractivity contribution in [3.63, 3.8) is 0 Å². The van der Waals surface area contributed by atoms with Gasteiger partial charge >= 0.3 is 0 Å². The zero-order valence-corrected chi connectivity index (χ0v) is 25.7. The maximum absolute atomic E-state index is 4.29. The Morgan fingerprint density at radius 3 is 2.41 bits per heavy atom. The van der Waals surface area contributed by atoms with Gasteiger partial charge in [-0.05, 0) is 138 Å². The molecule has 7 rings (SSSR count). The third-order valence-corrected chi connectivity index (χ3v) is 11.0. The van der Waals surface area contributed by atoms with Gasteiger partial charge in [0.25, 0.3) is 0 Å². The molecule has 3 aromatic rings. The summed E-state index contributed by atoms with van der Waals surface area (Å²) in [5.41, 5.74) is 18.7. The lowest BCUT2D eigenvalue weighted by Crippen LogP contribution is -2.28. The molecule has 0 heterocycles. The van der Waals surface area contributed by atoms with Crippen LogP contribution in [-0.4, -0.2) is 0 Å². The standard InChI is InChI=1S/C41H46/c1-25(2)18-37-27(4)19-35-22-34(24-39(35)41(37)30-12-10-26(3)11-13-30)32-16-17-36-28(5)20-38(40(36)23-32)33-15-14-29-8-6-7-9-31(29)21-33/h10-13,16-17,19-20,22-23,28-29,31,33H,1,6-9,14-15,18,21,24H2,2-5H3. The van der Waals surface area contributed by atoms with E-state index >= 15 is 0 Å². The maximum Gasteiger partial charge on any atom is 0.000174 e. The average molecular weight is 539 g/mol. The Bertz CT molecular complexity index is 1570. The van der Waals surface area contributed by atoms with Crippen LogP contribution in [0, 0.1) is 31.6 Å². The first-order chi connectivity index (χ1) is 19.9. The molecule has 41 heavy (non-hydrogen) atoms. The highest BCUT2D eigenvalue weighted by molar-refractivity contribution is 5.94. The third-order valence-electron chi connectivity index (χ3n) is 11.0. The number of hydrogen-bond acceptors (Lipinski definition) is 0. The van der Waals surface area contributed by atoms with Crippen LogP contribution in [0.3, 0.4) is 0 Å². The Morgan fingerprint density at radius 2 is 1.63 bits per heavy atom. The minimum atomic E-state index is 0.536. The fourth-order valence-electron chi connectivity index (χ4n) is 8.83. The van der Waals surface area contributed by atoms with Crippen LogP contribution in [0.2, 0.25) is 0 Å². The molecule has 0 heteroatoms. The number of hydrogen-bond donors (Lipinski definition) is 0. The van der Waals surface area contributed by atoms with E-state index in [-0.39, 0.29) is 0 Å². The highest BCUT2D eigenvalue weighted by Gasteiger charge is 2.36. The van der Waals surface area contributed by atoms with Gasteiger partial charge in [-0.15, -0.1) is 0 Å². The first-order valence-corrected chi connectivity index (χ1v) is 16.3. The van der Waals surface area contributed by atoms with Crippen molar-refractivity contribution < 1.29 is 0 Å². The second-order valence-electron chi connectivity index (χ2n) is 14.0. The van der Waals surface area contributed by atoms with Gasteiger partial charge < -0.3 is 0 Å². The Kier molecular flexibility index (Phi) is 6.93. The zero-order chi connectivity index (χ0) is 28.2. The zero-order valence-electron chi connectivity index (χ0n) is 25.7. The Balaban J connectivity index is 1.23. The Labute approximate surface area is 248 Å². The molecule has 4 unspecified atom stereocenters. The monoisotopic (exact) mass is 538 g/mol. The minimum absolute atomic E-state index is 0.536. The van der Waals surface area contributed by atoms with Gasteiger partial charge in [-0.25, -0.2) is 0 Å². The Morgan fingerprint density at radius 1 is 0.878 bits per heavy atom. The normalized spacial score (nSPS) is 24.8. The summed E-state index contributed by atoms with van der Waals surface area (Å²) >= 11 is 0. The summed E-state index contributed by atoms with van der Waals surface area (Å²) in [6.45, 7) is 13.3. The molecule has 4 atom stereocenters. The lowest BCUT2D eigenvalue weighted by atomic mass is 9.65. The number of rotatable bonds is 5.